The average Bonchev–Trinajstić information content (AvgIpc) is 2.25. The number of hydrogen-bond donors (Lipinski definition) is 1. The Morgan fingerprint density at radius 3 is 2.93 bits per heavy atom. The molecule has 3 nitrogen and oxygen atoms in total. The van der Waals surface area contributed by atoms with Crippen molar-refractivity contribution in [2.24, 2.45) is 0 Å². The molecule has 1 aromatic rings. The first-order valence-corrected chi connectivity index (χ1v) is 6.01. The average molecular weight is 215 g/mol. The van der Waals surface area contributed by atoms with Crippen LogP contribution < -0.4 is 5.32 Å². The fourth-order valence-corrected chi connectivity index (χ4v) is 2.99. The van der Waals surface area contributed by atoms with Gasteiger partial charge in [0.1, 0.15) is 5.82 Å². The van der Waals surface area contributed by atoms with E-state index in [0.29, 0.717) is 18.7 Å². The van der Waals surface area contributed by atoms with Crippen LogP contribution in [-0.4, -0.2) is 20.7 Å². The maximum absolute atomic E-state index is 12.8. The molecule has 14 heavy (non-hydrogen) atoms. The lowest BCUT2D eigenvalue weighted by Crippen LogP contribution is -2.05. The van der Waals surface area contributed by atoms with Crippen molar-refractivity contribution in [3.05, 3.63) is 24.0 Å². The molecule has 1 N–H and O–H groups in total. The third kappa shape index (κ3) is 1.59. The van der Waals surface area contributed by atoms with Crippen LogP contribution in [0.15, 0.2) is 23.1 Å². The van der Waals surface area contributed by atoms with Crippen LogP contribution in [0.1, 0.15) is 6.42 Å². The molecule has 0 aliphatic carbocycles. The first-order valence-electron chi connectivity index (χ1n) is 4.36. The van der Waals surface area contributed by atoms with Gasteiger partial charge in [-0.2, -0.15) is 0 Å². The van der Waals surface area contributed by atoms with Crippen molar-refractivity contribution in [1.82, 2.24) is 0 Å². The standard InChI is InChI=1S/C9H10FNO2S/c10-7-2-3-9-8(6-7)11-4-1-5-14(9,12)13/h2-3,6,11H,1,4-5H2. The number of sulfone groups is 1. The molecule has 5 heteroatoms. The number of halogens is 1. The van der Waals surface area contributed by atoms with Gasteiger partial charge in [0.15, 0.2) is 9.84 Å². The predicted octanol–water partition coefficient (Wildman–Crippen LogP) is 1.42. The molecule has 0 saturated heterocycles. The van der Waals surface area contributed by atoms with Crippen LogP contribution in [0.25, 0.3) is 0 Å². The van der Waals surface area contributed by atoms with Gasteiger partial charge < -0.3 is 5.32 Å². The van der Waals surface area contributed by atoms with Crippen LogP contribution in [0.4, 0.5) is 10.1 Å². The Kier molecular flexibility index (Phi) is 2.19. The molecule has 1 aromatic carbocycles. The van der Waals surface area contributed by atoms with Crippen molar-refractivity contribution in [2.75, 3.05) is 17.6 Å². The van der Waals surface area contributed by atoms with Gasteiger partial charge in [-0.3, -0.25) is 0 Å². The van der Waals surface area contributed by atoms with Gasteiger partial charge in [-0.15, -0.1) is 0 Å². The largest absolute Gasteiger partial charge is 0.384 e. The highest BCUT2D eigenvalue weighted by molar-refractivity contribution is 7.91. The molecule has 0 spiro atoms. The van der Waals surface area contributed by atoms with Crippen molar-refractivity contribution < 1.29 is 12.8 Å². The Labute approximate surface area is 81.9 Å². The minimum absolute atomic E-state index is 0.124. The number of anilines is 1. The van der Waals surface area contributed by atoms with E-state index >= 15 is 0 Å². The van der Waals surface area contributed by atoms with Crippen molar-refractivity contribution in [3.8, 4) is 0 Å². The molecule has 0 fully saturated rings. The Hall–Kier alpha value is -1.10. The van der Waals surface area contributed by atoms with E-state index in [9.17, 15) is 12.8 Å². The molecule has 1 aliphatic rings. The smallest absolute Gasteiger partial charge is 0.180 e. The molecule has 0 unspecified atom stereocenters. The van der Waals surface area contributed by atoms with Gasteiger partial charge in [-0.25, -0.2) is 12.8 Å². The van der Waals surface area contributed by atoms with Gasteiger partial charge in [0.05, 0.1) is 16.3 Å². The summed E-state index contributed by atoms with van der Waals surface area (Å²) >= 11 is 0. The minimum atomic E-state index is -3.22. The zero-order valence-electron chi connectivity index (χ0n) is 7.46. The summed E-state index contributed by atoms with van der Waals surface area (Å²) in [6.45, 7) is 0.565. The Morgan fingerprint density at radius 1 is 1.36 bits per heavy atom. The van der Waals surface area contributed by atoms with Gasteiger partial charge >= 0.3 is 0 Å². The lowest BCUT2D eigenvalue weighted by atomic mass is 10.3. The SMILES string of the molecule is O=S1(=O)CCCNc2cc(F)ccc21. The van der Waals surface area contributed by atoms with E-state index in [1.807, 2.05) is 0 Å². The summed E-state index contributed by atoms with van der Waals surface area (Å²) < 4.78 is 36.1. The zero-order valence-corrected chi connectivity index (χ0v) is 8.27. The molecule has 2 rings (SSSR count). The Balaban J connectivity index is 2.62. The second-order valence-electron chi connectivity index (χ2n) is 3.24. The van der Waals surface area contributed by atoms with Gasteiger partial charge in [0.2, 0.25) is 0 Å². The van der Waals surface area contributed by atoms with Crippen LogP contribution >= 0.6 is 0 Å². The summed E-state index contributed by atoms with van der Waals surface area (Å²) in [6.07, 6.45) is 0.554. The third-order valence-electron chi connectivity index (χ3n) is 2.18. The Morgan fingerprint density at radius 2 is 2.14 bits per heavy atom. The topological polar surface area (TPSA) is 46.2 Å². The first kappa shape index (κ1) is 9.45. The van der Waals surface area contributed by atoms with E-state index in [0.717, 1.165) is 0 Å². The molecular weight excluding hydrogens is 205 g/mol. The quantitative estimate of drug-likeness (QED) is 0.666. The third-order valence-corrected chi connectivity index (χ3v) is 4.03. The number of hydrogen-bond acceptors (Lipinski definition) is 3. The van der Waals surface area contributed by atoms with Crippen LogP contribution in [0.3, 0.4) is 0 Å². The number of nitrogens with one attached hydrogen (secondary N) is 1. The summed E-state index contributed by atoms with van der Waals surface area (Å²) in [5, 5.41) is 2.90. The van der Waals surface area contributed by atoms with Crippen LogP contribution in [-0.2, 0) is 9.84 Å². The molecule has 0 amide bonds. The molecule has 0 aromatic heterocycles. The summed E-state index contributed by atoms with van der Waals surface area (Å²) in [6, 6.07) is 3.71. The fraction of sp³-hybridized carbons (Fsp3) is 0.333. The highest BCUT2D eigenvalue weighted by Gasteiger charge is 2.21. The van der Waals surface area contributed by atoms with Gasteiger partial charge in [-0.1, -0.05) is 0 Å². The molecule has 76 valence electrons. The highest BCUT2D eigenvalue weighted by Crippen LogP contribution is 2.26. The van der Waals surface area contributed by atoms with Crippen LogP contribution in [0.2, 0.25) is 0 Å². The summed E-state index contributed by atoms with van der Waals surface area (Å²) in [5.41, 5.74) is 0.377. The second-order valence-corrected chi connectivity index (χ2v) is 5.32. The van der Waals surface area contributed by atoms with Crippen molar-refractivity contribution in [2.45, 2.75) is 11.3 Å². The summed E-state index contributed by atoms with van der Waals surface area (Å²) in [4.78, 5) is 0.205. The van der Waals surface area contributed by atoms with Crippen molar-refractivity contribution in [1.29, 1.82) is 0 Å². The number of rotatable bonds is 0. The van der Waals surface area contributed by atoms with E-state index in [4.69, 9.17) is 0 Å². The second kappa shape index (κ2) is 3.24. The fourth-order valence-electron chi connectivity index (χ4n) is 1.51. The Bertz CT molecular complexity index is 456. The molecule has 0 bridgehead atoms. The van der Waals surface area contributed by atoms with E-state index in [1.54, 1.807) is 0 Å². The normalized spacial score (nSPS) is 19.2. The number of fused-ring (bicyclic) bond motifs is 1. The van der Waals surface area contributed by atoms with E-state index in [1.165, 1.54) is 18.2 Å². The molecule has 1 aliphatic heterocycles. The predicted molar refractivity (Wildman–Crippen MR) is 51.6 cm³/mol. The van der Waals surface area contributed by atoms with Crippen molar-refractivity contribution in [3.63, 3.8) is 0 Å². The van der Waals surface area contributed by atoms with Gasteiger partial charge in [-0.05, 0) is 24.6 Å². The highest BCUT2D eigenvalue weighted by atomic mass is 32.2. The van der Waals surface area contributed by atoms with Crippen molar-refractivity contribution >= 4 is 15.5 Å². The lowest BCUT2D eigenvalue weighted by molar-refractivity contribution is 0.595. The maximum Gasteiger partial charge on any atom is 0.180 e. The van der Waals surface area contributed by atoms with Crippen LogP contribution in [0, 0.1) is 5.82 Å². The van der Waals surface area contributed by atoms with E-state index < -0.39 is 15.7 Å². The molecule has 0 atom stereocenters. The van der Waals surface area contributed by atoms with Crippen LogP contribution in [0.5, 0.6) is 0 Å². The lowest BCUT2D eigenvalue weighted by Gasteiger charge is -2.06. The summed E-state index contributed by atoms with van der Waals surface area (Å²) in [5.74, 6) is -0.299. The first-order chi connectivity index (χ1) is 6.59. The zero-order chi connectivity index (χ0) is 10.2. The summed E-state index contributed by atoms with van der Waals surface area (Å²) in [7, 11) is -3.22. The minimum Gasteiger partial charge on any atom is -0.384 e. The van der Waals surface area contributed by atoms with Gasteiger partial charge in [0, 0.05) is 6.54 Å². The molecule has 0 radical (unpaired) electrons. The molecule has 1 heterocycles. The molecule has 0 saturated carbocycles. The monoisotopic (exact) mass is 215 g/mol. The molecular formula is C9H10FNO2S. The van der Waals surface area contributed by atoms with E-state index in [-0.39, 0.29) is 10.6 Å². The maximum atomic E-state index is 12.8. The van der Waals surface area contributed by atoms with E-state index in [2.05, 4.69) is 5.32 Å². The number of benzene rings is 1. The van der Waals surface area contributed by atoms with Gasteiger partial charge in [0.25, 0.3) is 0 Å².